The zero-order valence-corrected chi connectivity index (χ0v) is 13.6. The molecule has 4 nitrogen and oxygen atoms in total. The van der Waals surface area contributed by atoms with Gasteiger partial charge in [-0.15, -0.1) is 0 Å². The van der Waals surface area contributed by atoms with Gasteiger partial charge < -0.3 is 15.1 Å². The Morgan fingerprint density at radius 2 is 2.19 bits per heavy atom. The van der Waals surface area contributed by atoms with E-state index in [9.17, 15) is 4.39 Å². The molecule has 5 heteroatoms. The molecule has 1 fully saturated rings. The lowest BCUT2D eigenvalue weighted by molar-refractivity contribution is 0.232. The Hall–Kier alpha value is -1.20. The number of aromatic nitrogens is 1. The second-order valence-corrected chi connectivity index (χ2v) is 6.41. The molecule has 0 spiro atoms. The normalized spacial score (nSPS) is 20.3. The monoisotopic (exact) mass is 294 g/mol. The van der Waals surface area contributed by atoms with E-state index >= 15 is 0 Å². The maximum Gasteiger partial charge on any atom is 0.170 e. The summed E-state index contributed by atoms with van der Waals surface area (Å²) >= 11 is 0. The molecule has 1 N–H and O–H groups in total. The minimum absolute atomic E-state index is 0.175. The van der Waals surface area contributed by atoms with Crippen LogP contribution in [0.15, 0.2) is 12.3 Å². The molecule has 1 aromatic heterocycles. The van der Waals surface area contributed by atoms with Gasteiger partial charge in [-0.1, -0.05) is 13.8 Å². The third-order valence-electron chi connectivity index (χ3n) is 4.08. The van der Waals surface area contributed by atoms with Crippen molar-refractivity contribution in [2.45, 2.75) is 33.4 Å². The van der Waals surface area contributed by atoms with Crippen LogP contribution in [0.25, 0.3) is 0 Å². The van der Waals surface area contributed by atoms with E-state index in [0.29, 0.717) is 29.9 Å². The fraction of sp³-hybridized carbons (Fsp3) is 0.688. The van der Waals surface area contributed by atoms with Gasteiger partial charge in [0, 0.05) is 44.0 Å². The van der Waals surface area contributed by atoms with Crippen molar-refractivity contribution < 1.29 is 4.39 Å². The van der Waals surface area contributed by atoms with Crippen LogP contribution in [0.1, 0.15) is 26.3 Å². The van der Waals surface area contributed by atoms with Gasteiger partial charge in [0.25, 0.3) is 0 Å². The summed E-state index contributed by atoms with van der Waals surface area (Å²) in [6, 6.07) is 2.19. The molecular weight excluding hydrogens is 267 g/mol. The summed E-state index contributed by atoms with van der Waals surface area (Å²) in [5.74, 6) is 0.886. The zero-order valence-electron chi connectivity index (χ0n) is 13.6. The maximum atomic E-state index is 14.6. The van der Waals surface area contributed by atoms with Crippen LogP contribution in [0, 0.1) is 11.7 Å². The molecule has 0 saturated carbocycles. The summed E-state index contributed by atoms with van der Waals surface area (Å²) in [5.41, 5.74) is 0.701. The van der Waals surface area contributed by atoms with Crippen molar-refractivity contribution in [3.8, 4) is 0 Å². The van der Waals surface area contributed by atoms with Crippen LogP contribution >= 0.6 is 0 Å². The van der Waals surface area contributed by atoms with Crippen molar-refractivity contribution in [1.82, 2.24) is 15.2 Å². The quantitative estimate of drug-likeness (QED) is 0.901. The van der Waals surface area contributed by atoms with Crippen LogP contribution in [0.4, 0.5) is 10.2 Å². The Kier molecular flexibility index (Phi) is 5.53. The predicted molar refractivity (Wildman–Crippen MR) is 85.0 cm³/mol. The van der Waals surface area contributed by atoms with Gasteiger partial charge in [-0.25, -0.2) is 9.37 Å². The van der Waals surface area contributed by atoms with Crippen molar-refractivity contribution in [2.75, 3.05) is 38.1 Å². The molecule has 1 saturated heterocycles. The van der Waals surface area contributed by atoms with E-state index < -0.39 is 0 Å². The summed E-state index contributed by atoms with van der Waals surface area (Å²) in [6.07, 6.45) is 1.72. The SMILES string of the molecule is CC(C)CNCc1ccnc(N2CCN(C)C(C)C2)c1F. The first-order valence-corrected chi connectivity index (χ1v) is 7.78. The van der Waals surface area contributed by atoms with E-state index in [2.05, 4.69) is 47.9 Å². The topological polar surface area (TPSA) is 31.4 Å². The third kappa shape index (κ3) is 4.14. The van der Waals surface area contributed by atoms with E-state index in [1.54, 1.807) is 12.3 Å². The standard InChI is InChI=1S/C16H27FN4/c1-12(2)9-18-10-14-5-6-19-16(15(14)17)21-8-7-20(4)13(3)11-21/h5-6,12-13,18H,7-11H2,1-4H3. The average Bonchev–Trinajstić information content (AvgIpc) is 2.43. The number of halogens is 1. The second kappa shape index (κ2) is 7.18. The Bertz CT molecular complexity index is 464. The van der Waals surface area contributed by atoms with Crippen LogP contribution < -0.4 is 10.2 Å². The minimum atomic E-state index is -0.175. The van der Waals surface area contributed by atoms with Crippen LogP contribution in [-0.4, -0.2) is 49.2 Å². The summed E-state index contributed by atoms with van der Waals surface area (Å²) in [6.45, 7) is 10.5. The minimum Gasteiger partial charge on any atom is -0.351 e. The second-order valence-electron chi connectivity index (χ2n) is 6.41. The van der Waals surface area contributed by atoms with E-state index in [1.165, 1.54) is 0 Å². The lowest BCUT2D eigenvalue weighted by atomic mass is 10.1. The lowest BCUT2D eigenvalue weighted by Gasteiger charge is -2.38. The summed E-state index contributed by atoms with van der Waals surface area (Å²) in [4.78, 5) is 8.63. The number of nitrogens with one attached hydrogen (secondary N) is 1. The summed E-state index contributed by atoms with van der Waals surface area (Å²) in [5, 5.41) is 3.29. The van der Waals surface area contributed by atoms with E-state index in [1.807, 2.05) is 0 Å². The van der Waals surface area contributed by atoms with Gasteiger partial charge >= 0.3 is 0 Å². The molecule has 0 bridgehead atoms. The third-order valence-corrected chi connectivity index (χ3v) is 4.08. The van der Waals surface area contributed by atoms with Gasteiger partial charge in [0.1, 0.15) is 0 Å². The number of hydrogen-bond donors (Lipinski definition) is 1. The average molecular weight is 294 g/mol. The largest absolute Gasteiger partial charge is 0.351 e. The summed E-state index contributed by atoms with van der Waals surface area (Å²) in [7, 11) is 2.11. The number of rotatable bonds is 5. The fourth-order valence-electron chi connectivity index (χ4n) is 2.56. The Morgan fingerprint density at radius 1 is 1.43 bits per heavy atom. The molecular formula is C16H27FN4. The smallest absolute Gasteiger partial charge is 0.170 e. The molecule has 1 aliphatic heterocycles. The molecule has 0 radical (unpaired) electrons. The number of nitrogens with zero attached hydrogens (tertiary/aromatic N) is 3. The van der Waals surface area contributed by atoms with Crippen molar-refractivity contribution in [3.63, 3.8) is 0 Å². The van der Waals surface area contributed by atoms with Gasteiger partial charge in [0.15, 0.2) is 11.6 Å². The van der Waals surface area contributed by atoms with Crippen molar-refractivity contribution >= 4 is 5.82 Å². The molecule has 0 aliphatic carbocycles. The molecule has 1 aliphatic rings. The highest BCUT2D eigenvalue weighted by Crippen LogP contribution is 2.22. The molecule has 2 rings (SSSR count). The van der Waals surface area contributed by atoms with Gasteiger partial charge in [-0.05, 0) is 32.5 Å². The van der Waals surface area contributed by atoms with E-state index in [0.717, 1.165) is 26.2 Å². The highest BCUT2D eigenvalue weighted by atomic mass is 19.1. The number of likely N-dealkylation sites (N-methyl/N-ethyl adjacent to an activating group) is 1. The Labute approximate surface area is 127 Å². The Balaban J connectivity index is 2.07. The van der Waals surface area contributed by atoms with E-state index in [4.69, 9.17) is 0 Å². The van der Waals surface area contributed by atoms with Crippen molar-refractivity contribution in [1.29, 1.82) is 0 Å². The molecule has 1 unspecified atom stereocenters. The van der Waals surface area contributed by atoms with E-state index in [-0.39, 0.29) is 5.82 Å². The molecule has 2 heterocycles. The van der Waals surface area contributed by atoms with Gasteiger partial charge in [0.05, 0.1) is 0 Å². The molecule has 0 amide bonds. The van der Waals surface area contributed by atoms with Crippen LogP contribution in [-0.2, 0) is 6.54 Å². The molecule has 118 valence electrons. The number of anilines is 1. The van der Waals surface area contributed by atoms with Crippen LogP contribution in [0.3, 0.4) is 0 Å². The first kappa shape index (κ1) is 16.2. The molecule has 21 heavy (non-hydrogen) atoms. The Morgan fingerprint density at radius 3 is 2.86 bits per heavy atom. The molecule has 1 aromatic rings. The first-order valence-electron chi connectivity index (χ1n) is 7.78. The number of hydrogen-bond acceptors (Lipinski definition) is 4. The lowest BCUT2D eigenvalue weighted by Crippen LogP contribution is -2.50. The number of piperazine rings is 1. The van der Waals surface area contributed by atoms with Crippen LogP contribution in [0.2, 0.25) is 0 Å². The fourth-order valence-corrected chi connectivity index (χ4v) is 2.56. The van der Waals surface area contributed by atoms with Gasteiger partial charge in [0.2, 0.25) is 0 Å². The van der Waals surface area contributed by atoms with Gasteiger partial charge in [-0.3, -0.25) is 0 Å². The predicted octanol–water partition coefficient (Wildman–Crippen LogP) is 2.11. The molecule has 0 aromatic carbocycles. The molecule has 1 atom stereocenters. The zero-order chi connectivity index (χ0) is 15.4. The maximum absolute atomic E-state index is 14.6. The first-order chi connectivity index (χ1) is 9.99. The van der Waals surface area contributed by atoms with Crippen molar-refractivity contribution in [3.05, 3.63) is 23.6 Å². The van der Waals surface area contributed by atoms with Crippen LogP contribution in [0.5, 0.6) is 0 Å². The highest BCUT2D eigenvalue weighted by molar-refractivity contribution is 5.44. The summed E-state index contributed by atoms with van der Waals surface area (Å²) < 4.78 is 14.6. The number of pyridine rings is 1. The highest BCUT2D eigenvalue weighted by Gasteiger charge is 2.24. The van der Waals surface area contributed by atoms with Gasteiger partial charge in [-0.2, -0.15) is 0 Å². The van der Waals surface area contributed by atoms with Crippen molar-refractivity contribution in [2.24, 2.45) is 5.92 Å².